The molecule has 0 aromatic carbocycles. The highest BCUT2D eigenvalue weighted by Crippen LogP contribution is 2.10. The first kappa shape index (κ1) is 12.4. The molecular formula is C13H16N2O3. The molecule has 96 valence electrons. The maximum Gasteiger partial charge on any atom is 0.247 e. The fourth-order valence-corrected chi connectivity index (χ4v) is 1.88. The Kier molecular flexibility index (Phi) is 3.50. The molecule has 2 amide bonds. The van der Waals surface area contributed by atoms with Gasteiger partial charge in [-0.2, -0.15) is 0 Å². The van der Waals surface area contributed by atoms with Crippen molar-refractivity contribution in [3.8, 4) is 0 Å². The maximum atomic E-state index is 12.0. The molecule has 1 aliphatic heterocycles. The molecule has 1 unspecified atom stereocenters. The second-order valence-electron chi connectivity index (χ2n) is 4.28. The lowest BCUT2D eigenvalue weighted by molar-refractivity contribution is -0.139. The summed E-state index contributed by atoms with van der Waals surface area (Å²) >= 11 is 0. The van der Waals surface area contributed by atoms with Gasteiger partial charge < -0.3 is 14.6 Å². The number of piperazine rings is 1. The minimum atomic E-state index is -0.422. The molecular weight excluding hydrogens is 232 g/mol. The zero-order valence-corrected chi connectivity index (χ0v) is 10.5. The summed E-state index contributed by atoms with van der Waals surface area (Å²) in [4.78, 5) is 24.9. The van der Waals surface area contributed by atoms with Crippen molar-refractivity contribution in [2.45, 2.75) is 19.9 Å². The third-order valence-corrected chi connectivity index (χ3v) is 2.93. The topological polar surface area (TPSA) is 62.6 Å². The summed E-state index contributed by atoms with van der Waals surface area (Å²) in [5.41, 5.74) is 0. The Morgan fingerprint density at radius 3 is 3.00 bits per heavy atom. The molecule has 0 saturated carbocycles. The first-order valence-electron chi connectivity index (χ1n) is 5.91. The van der Waals surface area contributed by atoms with Crippen molar-refractivity contribution in [1.29, 1.82) is 0 Å². The molecule has 0 bridgehead atoms. The largest absolute Gasteiger partial charge is 0.462 e. The number of carbonyl (C=O) groups excluding carboxylic acids is 2. The summed E-state index contributed by atoms with van der Waals surface area (Å²) in [7, 11) is 0. The number of furan rings is 1. The number of nitrogens with zero attached hydrogens (tertiary/aromatic N) is 1. The number of hydrogen-bond donors (Lipinski definition) is 1. The van der Waals surface area contributed by atoms with Crippen LogP contribution in [0, 0.1) is 6.92 Å². The van der Waals surface area contributed by atoms with Gasteiger partial charge >= 0.3 is 0 Å². The highest BCUT2D eigenvalue weighted by atomic mass is 16.3. The highest BCUT2D eigenvalue weighted by Gasteiger charge is 2.27. The van der Waals surface area contributed by atoms with E-state index < -0.39 is 6.04 Å². The van der Waals surface area contributed by atoms with Crippen molar-refractivity contribution >= 4 is 17.9 Å². The number of carbonyl (C=O) groups is 2. The fourth-order valence-electron chi connectivity index (χ4n) is 1.88. The number of aryl methyl sites for hydroxylation is 1. The summed E-state index contributed by atoms with van der Waals surface area (Å²) in [6.07, 6.45) is 3.06. The summed E-state index contributed by atoms with van der Waals surface area (Å²) in [5, 5.41) is 2.72. The lowest BCUT2D eigenvalue weighted by atomic mass is 10.2. The fraction of sp³-hybridized carbons (Fsp3) is 0.385. The van der Waals surface area contributed by atoms with Crippen LogP contribution in [0.25, 0.3) is 6.08 Å². The average molecular weight is 248 g/mol. The van der Waals surface area contributed by atoms with Crippen LogP contribution in [0.3, 0.4) is 0 Å². The van der Waals surface area contributed by atoms with E-state index >= 15 is 0 Å². The normalized spacial score (nSPS) is 20.2. The molecule has 0 spiro atoms. The van der Waals surface area contributed by atoms with Gasteiger partial charge in [0.25, 0.3) is 0 Å². The number of nitrogens with one attached hydrogen (secondary N) is 1. The zero-order valence-electron chi connectivity index (χ0n) is 10.5. The number of amides is 2. The van der Waals surface area contributed by atoms with Gasteiger partial charge in [0.2, 0.25) is 11.8 Å². The smallest absolute Gasteiger partial charge is 0.247 e. The molecule has 1 saturated heterocycles. The summed E-state index contributed by atoms with van der Waals surface area (Å²) in [5.74, 6) is 1.14. The van der Waals surface area contributed by atoms with Crippen LogP contribution < -0.4 is 5.32 Å². The van der Waals surface area contributed by atoms with E-state index in [0.717, 1.165) is 5.76 Å². The first-order valence-corrected chi connectivity index (χ1v) is 5.91. The molecule has 1 aromatic heterocycles. The van der Waals surface area contributed by atoms with E-state index in [1.165, 1.54) is 6.08 Å². The van der Waals surface area contributed by atoms with Crippen LogP contribution in [0.15, 0.2) is 22.6 Å². The van der Waals surface area contributed by atoms with Gasteiger partial charge in [-0.05, 0) is 32.1 Å². The molecule has 2 rings (SSSR count). The Morgan fingerprint density at radius 1 is 1.56 bits per heavy atom. The SMILES string of the molecule is Cc1ccc(C=CC(=O)N2CCNC(=O)C2C)o1. The summed E-state index contributed by atoms with van der Waals surface area (Å²) in [6, 6.07) is 3.21. The van der Waals surface area contributed by atoms with Crippen LogP contribution in [-0.4, -0.2) is 35.8 Å². The Bertz CT molecular complexity index is 490. The Labute approximate surface area is 105 Å². The van der Waals surface area contributed by atoms with Crippen LogP contribution >= 0.6 is 0 Å². The van der Waals surface area contributed by atoms with Crippen LogP contribution in [0.5, 0.6) is 0 Å². The summed E-state index contributed by atoms with van der Waals surface area (Å²) in [6.45, 7) is 4.60. The molecule has 2 heterocycles. The Balaban J connectivity index is 2.03. The third kappa shape index (κ3) is 2.61. The molecule has 18 heavy (non-hydrogen) atoms. The predicted octanol–water partition coefficient (Wildman–Crippen LogP) is 0.948. The van der Waals surface area contributed by atoms with Crippen molar-refractivity contribution in [3.05, 3.63) is 29.7 Å². The number of hydrogen-bond acceptors (Lipinski definition) is 3. The van der Waals surface area contributed by atoms with Gasteiger partial charge in [-0.3, -0.25) is 9.59 Å². The predicted molar refractivity (Wildman–Crippen MR) is 66.7 cm³/mol. The second kappa shape index (κ2) is 5.08. The van der Waals surface area contributed by atoms with Crippen LogP contribution in [0.1, 0.15) is 18.4 Å². The molecule has 1 fully saturated rings. The zero-order chi connectivity index (χ0) is 13.1. The van der Waals surface area contributed by atoms with E-state index in [9.17, 15) is 9.59 Å². The first-order chi connectivity index (χ1) is 8.58. The summed E-state index contributed by atoms with van der Waals surface area (Å²) < 4.78 is 5.33. The lowest BCUT2D eigenvalue weighted by Gasteiger charge is -2.31. The van der Waals surface area contributed by atoms with Crippen molar-refractivity contribution in [3.63, 3.8) is 0 Å². The van der Waals surface area contributed by atoms with E-state index in [1.807, 2.05) is 13.0 Å². The molecule has 1 N–H and O–H groups in total. The number of rotatable bonds is 2. The molecule has 1 aliphatic rings. The van der Waals surface area contributed by atoms with Gasteiger partial charge in [-0.1, -0.05) is 0 Å². The molecule has 0 aliphatic carbocycles. The molecule has 5 heteroatoms. The van der Waals surface area contributed by atoms with Crippen molar-refractivity contribution in [1.82, 2.24) is 10.2 Å². The van der Waals surface area contributed by atoms with Gasteiger partial charge in [0.15, 0.2) is 0 Å². The van der Waals surface area contributed by atoms with Gasteiger partial charge in [-0.25, -0.2) is 0 Å². The van der Waals surface area contributed by atoms with Gasteiger partial charge in [0.1, 0.15) is 17.6 Å². The van der Waals surface area contributed by atoms with E-state index in [0.29, 0.717) is 18.8 Å². The Morgan fingerprint density at radius 2 is 2.33 bits per heavy atom. The molecule has 1 aromatic rings. The van der Waals surface area contributed by atoms with E-state index in [2.05, 4.69) is 5.32 Å². The van der Waals surface area contributed by atoms with E-state index in [4.69, 9.17) is 4.42 Å². The second-order valence-corrected chi connectivity index (χ2v) is 4.28. The van der Waals surface area contributed by atoms with Crippen LogP contribution in [0.4, 0.5) is 0 Å². The standard InChI is InChI=1S/C13H16N2O3/c1-9-3-4-11(18-9)5-6-12(16)15-8-7-14-13(17)10(15)2/h3-6,10H,7-8H2,1-2H3,(H,14,17). The van der Waals surface area contributed by atoms with Crippen molar-refractivity contribution in [2.24, 2.45) is 0 Å². The van der Waals surface area contributed by atoms with Gasteiger partial charge in [0, 0.05) is 19.2 Å². The van der Waals surface area contributed by atoms with Crippen molar-refractivity contribution < 1.29 is 14.0 Å². The minimum Gasteiger partial charge on any atom is -0.462 e. The van der Waals surface area contributed by atoms with Gasteiger partial charge in [-0.15, -0.1) is 0 Å². The third-order valence-electron chi connectivity index (χ3n) is 2.93. The molecule has 0 radical (unpaired) electrons. The average Bonchev–Trinajstić information content (AvgIpc) is 2.76. The minimum absolute atomic E-state index is 0.114. The van der Waals surface area contributed by atoms with E-state index in [-0.39, 0.29) is 11.8 Å². The lowest BCUT2D eigenvalue weighted by Crippen LogP contribution is -2.55. The van der Waals surface area contributed by atoms with E-state index in [1.54, 1.807) is 24.0 Å². The van der Waals surface area contributed by atoms with Crippen LogP contribution in [0.2, 0.25) is 0 Å². The van der Waals surface area contributed by atoms with Gasteiger partial charge in [0.05, 0.1) is 0 Å². The molecule has 1 atom stereocenters. The Hall–Kier alpha value is -2.04. The monoisotopic (exact) mass is 248 g/mol. The quantitative estimate of drug-likeness (QED) is 0.792. The van der Waals surface area contributed by atoms with Crippen LogP contribution in [-0.2, 0) is 9.59 Å². The maximum absolute atomic E-state index is 12.0. The van der Waals surface area contributed by atoms with Crippen molar-refractivity contribution in [2.75, 3.05) is 13.1 Å². The molecule has 5 nitrogen and oxygen atoms in total. The highest BCUT2D eigenvalue weighted by molar-refractivity contribution is 5.95.